The molecule has 96 valence electrons. The van der Waals surface area contributed by atoms with E-state index in [0.29, 0.717) is 5.92 Å². The molecule has 0 bridgehead atoms. The van der Waals surface area contributed by atoms with Crippen LogP contribution >= 0.6 is 0 Å². The number of nitrogens with one attached hydrogen (secondary N) is 1. The van der Waals surface area contributed by atoms with Gasteiger partial charge in [0.25, 0.3) is 0 Å². The second kappa shape index (κ2) is 6.58. The number of aliphatic hydroxyl groups excluding tert-OH is 2. The Morgan fingerprint density at radius 3 is 2.56 bits per heavy atom. The second-order valence-corrected chi connectivity index (χ2v) is 5.57. The molecule has 0 spiro atoms. The van der Waals surface area contributed by atoms with Crippen LogP contribution in [0, 0.1) is 11.3 Å². The van der Waals surface area contributed by atoms with E-state index in [0.717, 1.165) is 32.4 Å². The normalized spacial score (nSPS) is 30.0. The van der Waals surface area contributed by atoms with Crippen LogP contribution in [0.1, 0.15) is 46.0 Å². The summed E-state index contributed by atoms with van der Waals surface area (Å²) >= 11 is 0. The zero-order valence-corrected chi connectivity index (χ0v) is 10.7. The van der Waals surface area contributed by atoms with Crippen molar-refractivity contribution < 1.29 is 10.2 Å². The zero-order chi connectivity index (χ0) is 12.0. The van der Waals surface area contributed by atoms with E-state index in [1.807, 2.05) is 0 Å². The maximum atomic E-state index is 9.82. The molecule has 0 aromatic rings. The van der Waals surface area contributed by atoms with Crippen molar-refractivity contribution in [3.63, 3.8) is 0 Å². The van der Waals surface area contributed by atoms with Crippen molar-refractivity contribution in [1.82, 2.24) is 5.32 Å². The molecule has 0 aliphatic heterocycles. The van der Waals surface area contributed by atoms with Crippen LogP contribution in [0.3, 0.4) is 0 Å². The minimum Gasteiger partial charge on any atom is -0.396 e. The Kier molecular flexibility index (Phi) is 5.73. The first-order valence-corrected chi connectivity index (χ1v) is 6.61. The lowest BCUT2D eigenvalue weighted by Crippen LogP contribution is -2.40. The van der Waals surface area contributed by atoms with E-state index in [1.54, 1.807) is 0 Å². The van der Waals surface area contributed by atoms with Crippen LogP contribution in [0.2, 0.25) is 0 Å². The van der Waals surface area contributed by atoms with E-state index >= 15 is 0 Å². The Bertz CT molecular complexity index is 192. The van der Waals surface area contributed by atoms with Crippen molar-refractivity contribution in [1.29, 1.82) is 0 Å². The van der Waals surface area contributed by atoms with E-state index in [-0.39, 0.29) is 18.1 Å². The van der Waals surface area contributed by atoms with E-state index in [1.165, 1.54) is 12.8 Å². The van der Waals surface area contributed by atoms with Crippen LogP contribution in [0.5, 0.6) is 0 Å². The predicted octanol–water partition coefficient (Wildman–Crippen LogP) is 1.54. The molecule has 0 radical (unpaired) electrons. The van der Waals surface area contributed by atoms with Gasteiger partial charge < -0.3 is 15.5 Å². The van der Waals surface area contributed by atoms with E-state index in [4.69, 9.17) is 0 Å². The lowest BCUT2D eigenvalue weighted by Gasteiger charge is -2.31. The van der Waals surface area contributed by atoms with Crippen LogP contribution in [0.4, 0.5) is 0 Å². The largest absolute Gasteiger partial charge is 0.396 e. The van der Waals surface area contributed by atoms with Gasteiger partial charge in [0, 0.05) is 25.1 Å². The van der Waals surface area contributed by atoms with Gasteiger partial charge in [0.1, 0.15) is 0 Å². The Hall–Kier alpha value is -0.120. The molecule has 1 aliphatic carbocycles. The van der Waals surface area contributed by atoms with Crippen molar-refractivity contribution in [2.45, 2.75) is 52.1 Å². The van der Waals surface area contributed by atoms with Gasteiger partial charge in [-0.05, 0) is 25.2 Å². The lowest BCUT2D eigenvalue weighted by atomic mass is 9.85. The number of hydrogen-bond acceptors (Lipinski definition) is 3. The van der Waals surface area contributed by atoms with Gasteiger partial charge >= 0.3 is 0 Å². The van der Waals surface area contributed by atoms with Crippen molar-refractivity contribution >= 4 is 0 Å². The molecule has 0 heterocycles. The van der Waals surface area contributed by atoms with Gasteiger partial charge in [-0.2, -0.15) is 0 Å². The summed E-state index contributed by atoms with van der Waals surface area (Å²) in [6.45, 7) is 6.15. The fraction of sp³-hybridized carbons (Fsp3) is 1.00. The van der Waals surface area contributed by atoms with Crippen molar-refractivity contribution in [2.24, 2.45) is 11.3 Å². The molecule has 0 aromatic carbocycles. The molecule has 1 rings (SSSR count). The Morgan fingerprint density at radius 2 is 2.00 bits per heavy atom. The van der Waals surface area contributed by atoms with E-state index < -0.39 is 0 Å². The van der Waals surface area contributed by atoms with E-state index in [9.17, 15) is 10.2 Å². The molecule has 1 fully saturated rings. The summed E-state index contributed by atoms with van der Waals surface area (Å²) in [6.07, 6.45) is 5.36. The maximum absolute atomic E-state index is 9.82. The van der Waals surface area contributed by atoms with Gasteiger partial charge in [-0.3, -0.25) is 0 Å². The van der Waals surface area contributed by atoms with Gasteiger partial charge in [-0.25, -0.2) is 0 Å². The summed E-state index contributed by atoms with van der Waals surface area (Å²) in [4.78, 5) is 0. The molecule has 1 aliphatic rings. The Balaban J connectivity index is 2.23. The number of rotatable bonds is 6. The highest BCUT2D eigenvalue weighted by Crippen LogP contribution is 2.24. The fourth-order valence-corrected chi connectivity index (χ4v) is 2.28. The molecule has 0 saturated heterocycles. The van der Waals surface area contributed by atoms with Crippen LogP contribution in [-0.4, -0.2) is 36.0 Å². The SMILES string of the molecule is CCC(C)(CO)CNCC1CCCCC1O. The molecule has 3 nitrogen and oxygen atoms in total. The topological polar surface area (TPSA) is 52.5 Å². The number of hydrogen-bond donors (Lipinski definition) is 3. The highest BCUT2D eigenvalue weighted by atomic mass is 16.3. The monoisotopic (exact) mass is 229 g/mol. The maximum Gasteiger partial charge on any atom is 0.0580 e. The van der Waals surface area contributed by atoms with Crippen LogP contribution in [0.25, 0.3) is 0 Å². The predicted molar refractivity (Wildman–Crippen MR) is 66.3 cm³/mol. The minimum atomic E-state index is -0.122. The third-order valence-electron chi connectivity index (χ3n) is 4.06. The zero-order valence-electron chi connectivity index (χ0n) is 10.7. The fourth-order valence-electron chi connectivity index (χ4n) is 2.28. The molecule has 0 aromatic heterocycles. The molecule has 3 N–H and O–H groups in total. The molecule has 1 saturated carbocycles. The van der Waals surface area contributed by atoms with Crippen LogP contribution in [-0.2, 0) is 0 Å². The van der Waals surface area contributed by atoms with Gasteiger partial charge in [0.2, 0.25) is 0 Å². The summed E-state index contributed by atoms with van der Waals surface area (Å²) in [5.74, 6) is 0.411. The van der Waals surface area contributed by atoms with Crippen molar-refractivity contribution in [3.8, 4) is 0 Å². The average Bonchev–Trinajstić information content (AvgIpc) is 2.31. The van der Waals surface area contributed by atoms with Crippen molar-refractivity contribution in [3.05, 3.63) is 0 Å². The summed E-state index contributed by atoms with van der Waals surface area (Å²) in [7, 11) is 0. The summed E-state index contributed by atoms with van der Waals surface area (Å²) in [6, 6.07) is 0. The molecular formula is C13H27NO2. The Labute approximate surface area is 99.3 Å². The highest BCUT2D eigenvalue weighted by Gasteiger charge is 2.25. The first-order valence-electron chi connectivity index (χ1n) is 6.61. The summed E-state index contributed by atoms with van der Waals surface area (Å²) < 4.78 is 0. The first-order chi connectivity index (χ1) is 7.61. The second-order valence-electron chi connectivity index (χ2n) is 5.57. The standard InChI is InChI=1S/C13H27NO2/c1-3-13(2,10-15)9-14-8-11-6-4-5-7-12(11)16/h11-12,14-16H,3-10H2,1-2H3. The van der Waals surface area contributed by atoms with Crippen LogP contribution < -0.4 is 5.32 Å². The Morgan fingerprint density at radius 1 is 1.31 bits per heavy atom. The van der Waals surface area contributed by atoms with Crippen molar-refractivity contribution in [2.75, 3.05) is 19.7 Å². The van der Waals surface area contributed by atoms with Gasteiger partial charge in [0.15, 0.2) is 0 Å². The quantitative estimate of drug-likeness (QED) is 0.647. The van der Waals surface area contributed by atoms with Gasteiger partial charge in [0.05, 0.1) is 6.10 Å². The van der Waals surface area contributed by atoms with Crippen LogP contribution in [0.15, 0.2) is 0 Å². The van der Waals surface area contributed by atoms with Gasteiger partial charge in [-0.1, -0.05) is 26.7 Å². The number of aliphatic hydroxyl groups is 2. The third kappa shape index (κ3) is 4.04. The molecule has 0 amide bonds. The van der Waals surface area contributed by atoms with E-state index in [2.05, 4.69) is 19.2 Å². The lowest BCUT2D eigenvalue weighted by molar-refractivity contribution is 0.0653. The molecule has 3 unspecified atom stereocenters. The summed E-state index contributed by atoms with van der Waals surface area (Å²) in [5, 5.41) is 22.5. The third-order valence-corrected chi connectivity index (χ3v) is 4.06. The molecule has 3 atom stereocenters. The summed E-state index contributed by atoms with van der Waals surface area (Å²) in [5.41, 5.74) is -0.0143. The minimum absolute atomic E-state index is 0.0143. The molecule has 16 heavy (non-hydrogen) atoms. The van der Waals surface area contributed by atoms with Gasteiger partial charge in [-0.15, -0.1) is 0 Å². The average molecular weight is 229 g/mol. The molecular weight excluding hydrogens is 202 g/mol. The highest BCUT2D eigenvalue weighted by molar-refractivity contribution is 4.79. The smallest absolute Gasteiger partial charge is 0.0580 e. The molecule has 3 heteroatoms. The first kappa shape index (κ1) is 13.9.